The molecular weight excluding hydrogens is 425 g/mol. The summed E-state index contributed by atoms with van der Waals surface area (Å²) in [6, 6.07) is 6.58. The van der Waals surface area contributed by atoms with Gasteiger partial charge in [0.1, 0.15) is 0 Å². The highest BCUT2D eigenvalue weighted by Gasteiger charge is 2.44. The number of urea groups is 1. The van der Waals surface area contributed by atoms with Gasteiger partial charge in [0.05, 0.1) is 13.2 Å². The van der Waals surface area contributed by atoms with E-state index in [1.807, 2.05) is 19.1 Å². The highest BCUT2D eigenvalue weighted by atomic mass is 19.4. The van der Waals surface area contributed by atoms with Gasteiger partial charge in [0.2, 0.25) is 5.95 Å². The molecule has 32 heavy (non-hydrogen) atoms. The molecule has 3 heterocycles. The Morgan fingerprint density at radius 1 is 1.22 bits per heavy atom. The molecule has 0 spiro atoms. The summed E-state index contributed by atoms with van der Waals surface area (Å²) < 4.78 is 43.6. The summed E-state index contributed by atoms with van der Waals surface area (Å²) in [5.74, 6) is 0.467. The Hall–Kier alpha value is -3.47. The molecule has 1 aromatic carbocycles. The quantitative estimate of drug-likeness (QED) is 0.635. The van der Waals surface area contributed by atoms with Crippen LogP contribution in [0.5, 0.6) is 0 Å². The van der Waals surface area contributed by atoms with Crippen LogP contribution in [-0.4, -0.2) is 64.9 Å². The first-order valence-electron chi connectivity index (χ1n) is 9.90. The number of carbonyl (C=O) groups is 1. The maximum Gasteiger partial charge on any atom is 0.416 e. The molecule has 1 fully saturated rings. The highest BCUT2D eigenvalue weighted by Crippen LogP contribution is 2.29. The maximum atomic E-state index is 12.9. The molecule has 1 aliphatic heterocycles. The number of rotatable bonds is 3. The smallest absolute Gasteiger partial charge is 0.365 e. The van der Waals surface area contributed by atoms with Crippen LogP contribution < -0.4 is 10.6 Å². The summed E-state index contributed by atoms with van der Waals surface area (Å²) in [7, 11) is 1.72. The third kappa shape index (κ3) is 4.57. The predicted molar refractivity (Wildman–Crippen MR) is 113 cm³/mol. The van der Waals surface area contributed by atoms with Crippen molar-refractivity contribution in [1.82, 2.24) is 19.9 Å². The zero-order valence-corrected chi connectivity index (χ0v) is 17.4. The van der Waals surface area contributed by atoms with Gasteiger partial charge in [-0.25, -0.2) is 14.8 Å². The summed E-state index contributed by atoms with van der Waals surface area (Å²) in [6.45, 7) is 1.29. The van der Waals surface area contributed by atoms with Gasteiger partial charge in [-0.05, 0) is 36.2 Å². The van der Waals surface area contributed by atoms with Crippen molar-refractivity contribution in [2.45, 2.75) is 19.2 Å². The van der Waals surface area contributed by atoms with E-state index in [-0.39, 0.29) is 13.2 Å². The standard InChI is InChI=1S/C21H21F3N6O2/c1-12-3-4-15(28-20(31)30-5-6-32-17(11-30)21(22,23)24)8-16(12)13-7-14-10-27-19(25-2)29-18(14)26-9-13/h3-4,7-10,17H,5-6,11H2,1-2H3,(H,28,31)(H,25,26,27,29)/t17-/m1/s1. The number of halogens is 3. The monoisotopic (exact) mass is 446 g/mol. The predicted octanol–water partition coefficient (Wildman–Crippen LogP) is 3.84. The maximum absolute atomic E-state index is 12.9. The lowest BCUT2D eigenvalue weighted by molar-refractivity contribution is -0.233. The fourth-order valence-electron chi connectivity index (χ4n) is 3.44. The van der Waals surface area contributed by atoms with Crippen LogP contribution in [0.15, 0.2) is 36.7 Å². The Labute approximate surface area is 181 Å². The van der Waals surface area contributed by atoms with Gasteiger partial charge in [0.25, 0.3) is 0 Å². The number of carbonyl (C=O) groups excluding carboxylic acids is 1. The second-order valence-electron chi connectivity index (χ2n) is 7.39. The molecule has 1 aliphatic rings. The SMILES string of the molecule is CNc1ncc2cc(-c3cc(NC(=O)N4CCO[C@@H](C(F)(F)F)C4)ccc3C)cnc2n1. The first-order chi connectivity index (χ1) is 15.2. The Kier molecular flexibility index (Phi) is 5.83. The molecule has 2 N–H and O–H groups in total. The lowest BCUT2D eigenvalue weighted by atomic mass is 10.0. The number of hydrogen-bond acceptors (Lipinski definition) is 6. The number of pyridine rings is 1. The molecule has 168 valence electrons. The van der Waals surface area contributed by atoms with Crippen LogP contribution in [0.1, 0.15) is 5.56 Å². The number of aromatic nitrogens is 3. The number of hydrogen-bond donors (Lipinski definition) is 2. The van der Waals surface area contributed by atoms with Crippen LogP contribution in [0, 0.1) is 6.92 Å². The molecule has 11 heteroatoms. The lowest BCUT2D eigenvalue weighted by Crippen LogP contribution is -2.52. The molecule has 1 saturated heterocycles. The van der Waals surface area contributed by atoms with Crippen LogP contribution in [0.3, 0.4) is 0 Å². The number of morpholine rings is 1. The van der Waals surface area contributed by atoms with E-state index in [1.165, 1.54) is 0 Å². The molecule has 0 bridgehead atoms. The van der Waals surface area contributed by atoms with Gasteiger partial charge >= 0.3 is 12.2 Å². The summed E-state index contributed by atoms with van der Waals surface area (Å²) in [5.41, 5.74) is 3.58. The second kappa shape index (κ2) is 8.58. The Morgan fingerprint density at radius 3 is 2.78 bits per heavy atom. The number of fused-ring (bicyclic) bond motifs is 1. The van der Waals surface area contributed by atoms with E-state index in [0.29, 0.717) is 17.3 Å². The summed E-state index contributed by atoms with van der Waals surface area (Å²) >= 11 is 0. The zero-order chi connectivity index (χ0) is 22.9. The van der Waals surface area contributed by atoms with Gasteiger partial charge in [-0.3, -0.25) is 0 Å². The van der Waals surface area contributed by atoms with Crippen molar-refractivity contribution in [2.24, 2.45) is 0 Å². The van der Waals surface area contributed by atoms with Gasteiger partial charge in [0.15, 0.2) is 11.8 Å². The molecule has 8 nitrogen and oxygen atoms in total. The molecule has 1 atom stereocenters. The number of anilines is 2. The van der Waals surface area contributed by atoms with Crippen LogP contribution in [0.4, 0.5) is 29.6 Å². The van der Waals surface area contributed by atoms with Crippen molar-refractivity contribution in [1.29, 1.82) is 0 Å². The summed E-state index contributed by atoms with van der Waals surface area (Å²) in [5, 5.41) is 6.30. The van der Waals surface area contributed by atoms with Crippen molar-refractivity contribution in [3.63, 3.8) is 0 Å². The number of nitrogens with one attached hydrogen (secondary N) is 2. The Balaban J connectivity index is 1.55. The van der Waals surface area contributed by atoms with Crippen LogP contribution in [0.2, 0.25) is 0 Å². The number of nitrogens with zero attached hydrogens (tertiary/aromatic N) is 4. The Bertz CT molecular complexity index is 1150. The van der Waals surface area contributed by atoms with Crippen molar-refractivity contribution in [3.05, 3.63) is 42.2 Å². The molecule has 4 rings (SSSR count). The number of ether oxygens (including phenoxy) is 1. The Morgan fingerprint density at radius 2 is 2.03 bits per heavy atom. The van der Waals surface area contributed by atoms with E-state index < -0.39 is 24.9 Å². The highest BCUT2D eigenvalue weighted by molar-refractivity contribution is 5.91. The summed E-state index contributed by atoms with van der Waals surface area (Å²) in [4.78, 5) is 26.6. The van der Waals surface area contributed by atoms with Gasteiger partial charge in [-0.15, -0.1) is 0 Å². The van der Waals surface area contributed by atoms with Crippen molar-refractivity contribution >= 4 is 28.7 Å². The van der Waals surface area contributed by atoms with E-state index in [1.54, 1.807) is 31.6 Å². The largest absolute Gasteiger partial charge is 0.416 e. The topological polar surface area (TPSA) is 92.3 Å². The van der Waals surface area contributed by atoms with E-state index in [4.69, 9.17) is 4.74 Å². The summed E-state index contributed by atoms with van der Waals surface area (Å²) in [6.07, 6.45) is -3.15. The third-order valence-electron chi connectivity index (χ3n) is 5.18. The molecule has 3 aromatic rings. The van der Waals surface area contributed by atoms with E-state index in [0.717, 1.165) is 27.0 Å². The van der Waals surface area contributed by atoms with Gasteiger partial charge in [0, 0.05) is 42.6 Å². The molecular formula is C21H21F3N6O2. The number of alkyl halides is 3. The normalized spacial score (nSPS) is 16.8. The molecule has 0 aliphatic carbocycles. The van der Waals surface area contributed by atoms with Gasteiger partial charge in [-0.1, -0.05) is 6.07 Å². The first-order valence-corrected chi connectivity index (χ1v) is 9.90. The second-order valence-corrected chi connectivity index (χ2v) is 7.39. The average Bonchev–Trinajstić information content (AvgIpc) is 2.79. The minimum absolute atomic E-state index is 0.0837. The molecule has 0 radical (unpaired) electrons. The first kappa shape index (κ1) is 21.8. The van der Waals surface area contributed by atoms with E-state index in [9.17, 15) is 18.0 Å². The van der Waals surface area contributed by atoms with Crippen molar-refractivity contribution < 1.29 is 22.7 Å². The van der Waals surface area contributed by atoms with Crippen molar-refractivity contribution in [3.8, 4) is 11.1 Å². The van der Waals surface area contributed by atoms with E-state index >= 15 is 0 Å². The third-order valence-corrected chi connectivity index (χ3v) is 5.18. The lowest BCUT2D eigenvalue weighted by Gasteiger charge is -2.33. The minimum atomic E-state index is -4.52. The number of aryl methyl sites for hydroxylation is 1. The molecule has 0 saturated carbocycles. The number of amides is 2. The molecule has 2 amide bonds. The van der Waals surface area contributed by atoms with Crippen LogP contribution >= 0.6 is 0 Å². The van der Waals surface area contributed by atoms with E-state index in [2.05, 4.69) is 25.6 Å². The fourth-order valence-corrected chi connectivity index (χ4v) is 3.44. The number of benzene rings is 1. The minimum Gasteiger partial charge on any atom is -0.365 e. The van der Waals surface area contributed by atoms with Crippen LogP contribution in [0.25, 0.3) is 22.2 Å². The molecule has 2 aromatic heterocycles. The average molecular weight is 446 g/mol. The fraction of sp³-hybridized carbons (Fsp3) is 0.333. The van der Waals surface area contributed by atoms with Crippen LogP contribution in [-0.2, 0) is 4.74 Å². The van der Waals surface area contributed by atoms with Gasteiger partial charge < -0.3 is 20.3 Å². The van der Waals surface area contributed by atoms with Crippen molar-refractivity contribution in [2.75, 3.05) is 37.4 Å². The molecule has 0 unspecified atom stereocenters. The zero-order valence-electron chi connectivity index (χ0n) is 17.4. The van der Waals surface area contributed by atoms with Gasteiger partial charge in [-0.2, -0.15) is 18.2 Å².